The lowest BCUT2D eigenvalue weighted by Crippen LogP contribution is -2.40. The van der Waals surface area contributed by atoms with E-state index in [4.69, 9.17) is 0 Å². The highest BCUT2D eigenvalue weighted by Crippen LogP contribution is 2.26. The van der Waals surface area contributed by atoms with Crippen molar-refractivity contribution < 1.29 is 14.3 Å². The molecule has 1 amide bonds. The van der Waals surface area contributed by atoms with Crippen LogP contribution in [0.2, 0.25) is 0 Å². The molecule has 8 heteroatoms. The molecule has 1 aromatic carbocycles. The number of carbonyl (C=O) groups excluding carboxylic acids is 1. The highest BCUT2D eigenvalue weighted by molar-refractivity contribution is 7.13. The van der Waals surface area contributed by atoms with Gasteiger partial charge in [0.2, 0.25) is 5.82 Å². The van der Waals surface area contributed by atoms with E-state index in [1.165, 1.54) is 23.5 Å². The van der Waals surface area contributed by atoms with Crippen molar-refractivity contribution in [2.24, 2.45) is 0 Å². The van der Waals surface area contributed by atoms with Crippen LogP contribution in [-0.4, -0.2) is 49.9 Å². The van der Waals surface area contributed by atoms with Crippen LogP contribution in [0.25, 0.3) is 16.4 Å². The van der Waals surface area contributed by atoms with E-state index in [1.807, 2.05) is 17.5 Å². The van der Waals surface area contributed by atoms with E-state index < -0.39 is 0 Å². The molecule has 0 atom stereocenters. The first-order valence-electron chi connectivity index (χ1n) is 8.36. The maximum Gasteiger partial charge on any atom is 0.293 e. The molecule has 26 heavy (non-hydrogen) atoms. The summed E-state index contributed by atoms with van der Waals surface area (Å²) < 4.78 is 14.8. The highest BCUT2D eigenvalue weighted by Gasteiger charge is 2.27. The standard InChI is InChI=1S/C18H17FN4O2S/c19-12-3-5-13(6-4-12)23-17(15-2-1-11-26-15)20-16(21-23)18(25)22-9-7-14(24)8-10-22/h1-6,11,14,24H,7-10H2. The summed E-state index contributed by atoms with van der Waals surface area (Å²) in [4.78, 5) is 19.8. The Labute approximate surface area is 153 Å². The number of hydrogen-bond donors (Lipinski definition) is 1. The zero-order valence-electron chi connectivity index (χ0n) is 13.9. The third kappa shape index (κ3) is 3.25. The number of likely N-dealkylation sites (tertiary alicyclic amines) is 1. The molecule has 0 aliphatic carbocycles. The fourth-order valence-corrected chi connectivity index (χ4v) is 3.64. The molecule has 3 heterocycles. The topological polar surface area (TPSA) is 71.2 Å². The molecule has 134 valence electrons. The fourth-order valence-electron chi connectivity index (χ4n) is 2.94. The average Bonchev–Trinajstić information content (AvgIpc) is 3.32. The van der Waals surface area contributed by atoms with Gasteiger partial charge in [0, 0.05) is 13.1 Å². The van der Waals surface area contributed by atoms with E-state index >= 15 is 0 Å². The maximum absolute atomic E-state index is 13.3. The summed E-state index contributed by atoms with van der Waals surface area (Å²) in [6.45, 7) is 0.971. The van der Waals surface area contributed by atoms with Gasteiger partial charge in [-0.15, -0.1) is 16.4 Å². The quantitative estimate of drug-likeness (QED) is 0.767. The second kappa shape index (κ2) is 6.97. The molecule has 0 saturated carbocycles. The van der Waals surface area contributed by atoms with E-state index in [0.29, 0.717) is 37.4 Å². The molecule has 4 rings (SSSR count). The normalized spacial score (nSPS) is 15.4. The number of rotatable bonds is 3. The molecule has 1 aliphatic rings. The third-order valence-corrected chi connectivity index (χ3v) is 5.23. The van der Waals surface area contributed by atoms with Gasteiger partial charge < -0.3 is 10.0 Å². The average molecular weight is 372 g/mol. The van der Waals surface area contributed by atoms with Crippen LogP contribution in [0, 0.1) is 5.82 Å². The Kier molecular flexibility index (Phi) is 4.52. The molecular weight excluding hydrogens is 355 g/mol. The second-order valence-corrected chi connectivity index (χ2v) is 7.10. The van der Waals surface area contributed by atoms with E-state index in [1.54, 1.807) is 21.7 Å². The summed E-state index contributed by atoms with van der Waals surface area (Å²) >= 11 is 1.49. The van der Waals surface area contributed by atoms with Crippen molar-refractivity contribution in [1.29, 1.82) is 0 Å². The van der Waals surface area contributed by atoms with Crippen LogP contribution >= 0.6 is 11.3 Å². The Morgan fingerprint density at radius 2 is 1.92 bits per heavy atom. The summed E-state index contributed by atoms with van der Waals surface area (Å²) in [5.41, 5.74) is 0.635. The minimum Gasteiger partial charge on any atom is -0.393 e. The van der Waals surface area contributed by atoms with Crippen molar-refractivity contribution in [1.82, 2.24) is 19.7 Å². The van der Waals surface area contributed by atoms with Crippen LogP contribution in [0.5, 0.6) is 0 Å². The number of piperidine rings is 1. The predicted molar refractivity (Wildman–Crippen MR) is 95.8 cm³/mol. The number of aliphatic hydroxyl groups excluding tert-OH is 1. The van der Waals surface area contributed by atoms with Crippen LogP contribution in [0.15, 0.2) is 41.8 Å². The van der Waals surface area contributed by atoms with E-state index in [2.05, 4.69) is 10.1 Å². The predicted octanol–water partition coefficient (Wildman–Crippen LogP) is 2.73. The van der Waals surface area contributed by atoms with Crippen molar-refractivity contribution in [3.63, 3.8) is 0 Å². The van der Waals surface area contributed by atoms with Crippen molar-refractivity contribution in [3.05, 3.63) is 53.4 Å². The van der Waals surface area contributed by atoms with Gasteiger partial charge in [0.25, 0.3) is 5.91 Å². The van der Waals surface area contributed by atoms with E-state index in [9.17, 15) is 14.3 Å². The smallest absolute Gasteiger partial charge is 0.293 e. The fraction of sp³-hybridized carbons (Fsp3) is 0.278. The first-order chi connectivity index (χ1) is 12.6. The molecule has 1 saturated heterocycles. The zero-order chi connectivity index (χ0) is 18.1. The molecule has 1 fully saturated rings. The Bertz CT molecular complexity index is 900. The van der Waals surface area contributed by atoms with Crippen LogP contribution in [0.4, 0.5) is 4.39 Å². The second-order valence-electron chi connectivity index (χ2n) is 6.15. The summed E-state index contributed by atoms with van der Waals surface area (Å²) in [5.74, 6) is 0.0615. The van der Waals surface area contributed by atoms with E-state index in [-0.39, 0.29) is 23.7 Å². The summed E-state index contributed by atoms with van der Waals surface area (Å²) in [6, 6.07) is 9.71. The lowest BCUT2D eigenvalue weighted by atomic mass is 10.1. The van der Waals surface area contributed by atoms with Crippen molar-refractivity contribution in [2.75, 3.05) is 13.1 Å². The number of aromatic nitrogens is 3. The monoisotopic (exact) mass is 372 g/mol. The molecule has 2 aromatic heterocycles. The molecule has 0 bridgehead atoms. The Morgan fingerprint density at radius 3 is 2.58 bits per heavy atom. The minimum absolute atomic E-state index is 0.106. The summed E-state index contributed by atoms with van der Waals surface area (Å²) in [7, 11) is 0. The first kappa shape index (κ1) is 16.9. The summed E-state index contributed by atoms with van der Waals surface area (Å²) in [5, 5.41) is 15.9. The number of hydrogen-bond acceptors (Lipinski definition) is 5. The molecule has 0 radical (unpaired) electrons. The molecule has 0 unspecified atom stereocenters. The van der Waals surface area contributed by atoms with Crippen molar-refractivity contribution in [3.8, 4) is 16.4 Å². The molecular formula is C18H17FN4O2S. The Morgan fingerprint density at radius 1 is 1.19 bits per heavy atom. The number of halogens is 1. The van der Waals surface area contributed by atoms with Crippen LogP contribution < -0.4 is 0 Å². The van der Waals surface area contributed by atoms with Crippen LogP contribution in [0.1, 0.15) is 23.5 Å². The number of nitrogens with zero attached hydrogens (tertiary/aromatic N) is 4. The van der Waals surface area contributed by atoms with Crippen molar-refractivity contribution >= 4 is 17.2 Å². The molecule has 1 N–H and O–H groups in total. The maximum atomic E-state index is 13.3. The number of carbonyl (C=O) groups is 1. The molecule has 6 nitrogen and oxygen atoms in total. The van der Waals surface area contributed by atoms with Gasteiger partial charge in [0.05, 0.1) is 16.7 Å². The third-order valence-electron chi connectivity index (χ3n) is 4.36. The van der Waals surface area contributed by atoms with Gasteiger partial charge in [0.1, 0.15) is 5.82 Å². The van der Waals surface area contributed by atoms with Crippen LogP contribution in [0.3, 0.4) is 0 Å². The minimum atomic E-state index is -0.356. The van der Waals surface area contributed by atoms with Gasteiger partial charge in [-0.05, 0) is 48.6 Å². The summed E-state index contributed by atoms with van der Waals surface area (Å²) in [6.07, 6.45) is 0.759. The van der Waals surface area contributed by atoms with Gasteiger partial charge in [-0.3, -0.25) is 4.79 Å². The molecule has 0 spiro atoms. The zero-order valence-corrected chi connectivity index (χ0v) is 14.7. The van der Waals surface area contributed by atoms with Gasteiger partial charge in [0.15, 0.2) is 5.82 Å². The number of amides is 1. The largest absolute Gasteiger partial charge is 0.393 e. The van der Waals surface area contributed by atoms with Gasteiger partial charge in [-0.1, -0.05) is 6.07 Å². The van der Waals surface area contributed by atoms with Crippen LogP contribution in [-0.2, 0) is 0 Å². The number of aliphatic hydroxyl groups is 1. The number of benzene rings is 1. The Hall–Kier alpha value is -2.58. The van der Waals surface area contributed by atoms with Gasteiger partial charge >= 0.3 is 0 Å². The van der Waals surface area contributed by atoms with Gasteiger partial charge in [-0.2, -0.15) is 0 Å². The molecule has 1 aliphatic heterocycles. The molecule has 3 aromatic rings. The first-order valence-corrected chi connectivity index (χ1v) is 9.24. The number of thiophene rings is 1. The van der Waals surface area contributed by atoms with Crippen molar-refractivity contribution in [2.45, 2.75) is 18.9 Å². The lowest BCUT2D eigenvalue weighted by molar-refractivity contribution is 0.0536. The Balaban J connectivity index is 1.71. The SMILES string of the molecule is O=C(c1nc(-c2cccs2)n(-c2ccc(F)cc2)n1)N1CCC(O)CC1. The lowest BCUT2D eigenvalue weighted by Gasteiger charge is -2.28. The highest BCUT2D eigenvalue weighted by atomic mass is 32.1. The van der Waals surface area contributed by atoms with E-state index in [0.717, 1.165) is 4.88 Å². The van der Waals surface area contributed by atoms with Gasteiger partial charge in [-0.25, -0.2) is 14.1 Å².